The molecule has 2 fully saturated rings. The third kappa shape index (κ3) is 6.35. The van der Waals surface area contributed by atoms with Crippen LogP contribution in [-0.2, 0) is 14.3 Å². The van der Waals surface area contributed by atoms with Crippen LogP contribution < -0.4 is 0 Å². The van der Waals surface area contributed by atoms with Crippen molar-refractivity contribution in [2.24, 2.45) is 5.92 Å². The number of amides is 1. The number of esters is 1. The molecular weight excluding hydrogens is 378 g/mol. The topological polar surface area (TPSA) is 55.8 Å². The zero-order chi connectivity index (χ0) is 21.7. The zero-order valence-corrected chi connectivity index (χ0v) is 18.8. The summed E-state index contributed by atoms with van der Waals surface area (Å²) in [5.74, 6) is 0.213. The van der Waals surface area contributed by atoms with Crippen molar-refractivity contribution in [2.75, 3.05) is 13.1 Å². The van der Waals surface area contributed by atoms with Gasteiger partial charge in [-0.25, -0.2) is 4.79 Å². The lowest BCUT2D eigenvalue weighted by Gasteiger charge is -2.31. The van der Waals surface area contributed by atoms with E-state index in [1.54, 1.807) is 4.90 Å². The molecule has 1 saturated carbocycles. The van der Waals surface area contributed by atoms with Crippen LogP contribution in [0, 0.1) is 5.92 Å². The van der Waals surface area contributed by atoms with Crippen molar-refractivity contribution in [1.82, 2.24) is 4.90 Å². The number of piperidine rings is 1. The molecule has 2 aliphatic rings. The van der Waals surface area contributed by atoms with Crippen LogP contribution in [0.1, 0.15) is 83.5 Å². The number of hydrogen-bond donors (Lipinski definition) is 0. The first kappa shape index (κ1) is 22.4. The summed E-state index contributed by atoms with van der Waals surface area (Å²) in [5, 5.41) is 0. The van der Waals surface area contributed by atoms with Crippen molar-refractivity contribution in [3.8, 4) is 0 Å². The smallest absolute Gasteiger partial charge is 0.410 e. The average molecular weight is 414 g/mol. The van der Waals surface area contributed by atoms with E-state index < -0.39 is 5.60 Å². The van der Waals surface area contributed by atoms with Crippen molar-refractivity contribution < 1.29 is 19.1 Å². The number of carbonyl (C=O) groups is 2. The van der Waals surface area contributed by atoms with Gasteiger partial charge in [0, 0.05) is 25.9 Å². The molecule has 1 atom stereocenters. The number of carbonyl (C=O) groups excluding carboxylic acids is 2. The molecule has 0 spiro atoms. The highest BCUT2D eigenvalue weighted by Gasteiger charge is 2.29. The highest BCUT2D eigenvalue weighted by Crippen LogP contribution is 2.38. The first-order chi connectivity index (χ1) is 14.2. The highest BCUT2D eigenvalue weighted by atomic mass is 16.6. The summed E-state index contributed by atoms with van der Waals surface area (Å²) in [5.41, 5.74) is 3.11. The Morgan fingerprint density at radius 3 is 2.20 bits per heavy atom. The fraction of sp³-hybridized carbons (Fsp3) is 0.600. The molecule has 1 aliphatic heterocycles. The normalized spacial score (nSPS) is 18.8. The highest BCUT2D eigenvalue weighted by molar-refractivity contribution is 5.69. The molecule has 0 N–H and O–H groups in total. The summed E-state index contributed by atoms with van der Waals surface area (Å²) in [6.07, 6.45) is 8.25. The predicted octanol–water partition coefficient (Wildman–Crippen LogP) is 5.90. The molecule has 5 heteroatoms. The predicted molar refractivity (Wildman–Crippen MR) is 118 cm³/mol. The van der Waals surface area contributed by atoms with Crippen LogP contribution in [-0.4, -0.2) is 35.7 Å². The van der Waals surface area contributed by atoms with Crippen LogP contribution in [0.4, 0.5) is 4.79 Å². The van der Waals surface area contributed by atoms with Gasteiger partial charge in [-0.05, 0) is 57.6 Å². The minimum absolute atomic E-state index is 0.135. The number of nitrogens with zero attached hydrogens (tertiary/aromatic N) is 1. The van der Waals surface area contributed by atoms with E-state index in [0.29, 0.717) is 19.0 Å². The molecule has 1 aromatic rings. The SMILES string of the molecule is CC(=O)OC(c1ccc(C=C2CCN(C(=O)OC(C)(C)C)CC2)cc1)C1CCCC1. The maximum Gasteiger partial charge on any atom is 0.410 e. The van der Waals surface area contributed by atoms with E-state index in [2.05, 4.69) is 30.3 Å². The van der Waals surface area contributed by atoms with Crippen LogP contribution in [0.15, 0.2) is 29.8 Å². The largest absolute Gasteiger partial charge is 0.457 e. The first-order valence-electron chi connectivity index (χ1n) is 11.2. The Kier molecular flexibility index (Phi) is 7.22. The fourth-order valence-corrected chi connectivity index (χ4v) is 4.34. The minimum Gasteiger partial charge on any atom is -0.457 e. The van der Waals surface area contributed by atoms with Gasteiger partial charge in [0.25, 0.3) is 0 Å². The van der Waals surface area contributed by atoms with E-state index in [4.69, 9.17) is 9.47 Å². The molecule has 1 amide bonds. The van der Waals surface area contributed by atoms with Crippen molar-refractivity contribution in [3.05, 3.63) is 41.0 Å². The second kappa shape index (κ2) is 9.67. The lowest BCUT2D eigenvalue weighted by Crippen LogP contribution is -2.40. The second-order valence-corrected chi connectivity index (χ2v) is 9.51. The van der Waals surface area contributed by atoms with Gasteiger partial charge in [-0.2, -0.15) is 0 Å². The number of hydrogen-bond acceptors (Lipinski definition) is 4. The molecule has 30 heavy (non-hydrogen) atoms. The van der Waals surface area contributed by atoms with Gasteiger partial charge in [-0.3, -0.25) is 4.79 Å². The third-order valence-corrected chi connectivity index (χ3v) is 5.81. The molecule has 1 aliphatic carbocycles. The molecule has 1 aromatic carbocycles. The first-order valence-corrected chi connectivity index (χ1v) is 11.2. The summed E-state index contributed by atoms with van der Waals surface area (Å²) in [6, 6.07) is 8.39. The summed E-state index contributed by atoms with van der Waals surface area (Å²) in [6.45, 7) is 8.54. The molecule has 5 nitrogen and oxygen atoms in total. The number of benzene rings is 1. The summed E-state index contributed by atoms with van der Waals surface area (Å²) in [7, 11) is 0. The standard InChI is InChI=1S/C25H35NO4/c1-18(27)29-23(21-7-5-6-8-21)22-11-9-19(10-12-22)17-20-13-15-26(16-14-20)24(28)30-25(2,3)4/h9-12,17,21,23H,5-8,13-16H2,1-4H3. The van der Waals surface area contributed by atoms with Crippen molar-refractivity contribution >= 4 is 18.1 Å². The molecule has 3 rings (SSSR count). The van der Waals surface area contributed by atoms with Gasteiger partial charge in [0.15, 0.2) is 0 Å². The van der Waals surface area contributed by atoms with Crippen LogP contribution in [0.25, 0.3) is 6.08 Å². The number of likely N-dealkylation sites (tertiary alicyclic amines) is 1. The average Bonchev–Trinajstić information content (AvgIpc) is 3.20. The van der Waals surface area contributed by atoms with E-state index >= 15 is 0 Å². The fourth-order valence-electron chi connectivity index (χ4n) is 4.34. The van der Waals surface area contributed by atoms with Crippen LogP contribution >= 0.6 is 0 Å². The van der Waals surface area contributed by atoms with Gasteiger partial charge in [-0.1, -0.05) is 48.8 Å². The van der Waals surface area contributed by atoms with E-state index in [-0.39, 0.29) is 18.2 Å². The quantitative estimate of drug-likeness (QED) is 0.577. The Labute approximate surface area is 180 Å². The van der Waals surface area contributed by atoms with Gasteiger partial charge in [0.05, 0.1) is 0 Å². The Balaban J connectivity index is 1.60. The summed E-state index contributed by atoms with van der Waals surface area (Å²) < 4.78 is 11.1. The molecule has 0 radical (unpaired) electrons. The number of ether oxygens (including phenoxy) is 2. The Morgan fingerprint density at radius 1 is 1.07 bits per heavy atom. The molecule has 1 unspecified atom stereocenters. The van der Waals surface area contributed by atoms with Crippen molar-refractivity contribution in [1.29, 1.82) is 0 Å². The lowest BCUT2D eigenvalue weighted by molar-refractivity contribution is -0.149. The monoisotopic (exact) mass is 413 g/mol. The van der Waals surface area contributed by atoms with Gasteiger partial charge >= 0.3 is 12.1 Å². The van der Waals surface area contributed by atoms with Gasteiger partial charge in [-0.15, -0.1) is 0 Å². The van der Waals surface area contributed by atoms with Gasteiger partial charge < -0.3 is 14.4 Å². The van der Waals surface area contributed by atoms with Gasteiger partial charge in [0.2, 0.25) is 0 Å². The van der Waals surface area contributed by atoms with E-state index in [0.717, 1.165) is 36.8 Å². The van der Waals surface area contributed by atoms with Gasteiger partial charge in [0.1, 0.15) is 11.7 Å². The molecule has 0 aromatic heterocycles. The van der Waals surface area contributed by atoms with Crippen LogP contribution in [0.5, 0.6) is 0 Å². The molecule has 1 heterocycles. The molecule has 164 valence electrons. The summed E-state index contributed by atoms with van der Waals surface area (Å²) >= 11 is 0. The summed E-state index contributed by atoms with van der Waals surface area (Å²) in [4.78, 5) is 25.6. The Hall–Kier alpha value is -2.30. The zero-order valence-electron chi connectivity index (χ0n) is 18.8. The minimum atomic E-state index is -0.461. The maximum atomic E-state index is 12.2. The molecule has 0 bridgehead atoms. The Bertz CT molecular complexity index is 759. The maximum absolute atomic E-state index is 12.2. The van der Waals surface area contributed by atoms with Crippen molar-refractivity contribution in [2.45, 2.75) is 77.9 Å². The lowest BCUT2D eigenvalue weighted by atomic mass is 9.93. The molecule has 1 saturated heterocycles. The second-order valence-electron chi connectivity index (χ2n) is 9.51. The van der Waals surface area contributed by atoms with E-state index in [1.165, 1.54) is 25.3 Å². The van der Waals surface area contributed by atoms with Crippen LogP contribution in [0.2, 0.25) is 0 Å². The third-order valence-electron chi connectivity index (χ3n) is 5.81. The molecular formula is C25H35NO4. The Morgan fingerprint density at radius 2 is 1.67 bits per heavy atom. The number of rotatable bonds is 4. The van der Waals surface area contributed by atoms with Crippen molar-refractivity contribution in [3.63, 3.8) is 0 Å². The van der Waals surface area contributed by atoms with E-state index in [9.17, 15) is 9.59 Å². The van der Waals surface area contributed by atoms with E-state index in [1.807, 2.05) is 20.8 Å². The van der Waals surface area contributed by atoms with Crippen LogP contribution in [0.3, 0.4) is 0 Å².